The van der Waals surface area contributed by atoms with Gasteiger partial charge in [-0.05, 0) is 27.2 Å². The molecule has 0 atom stereocenters. The van der Waals surface area contributed by atoms with Crippen molar-refractivity contribution in [2.75, 3.05) is 6.61 Å². The SMILES string of the molecule is [CH2]OCCC(C)=C(C)C. The number of hydrogen-bond donors (Lipinski definition) is 0. The van der Waals surface area contributed by atoms with Gasteiger partial charge in [0.15, 0.2) is 0 Å². The molecule has 0 aliphatic carbocycles. The Labute approximate surface area is 57.7 Å². The molecule has 0 spiro atoms. The van der Waals surface area contributed by atoms with E-state index in [1.807, 2.05) is 0 Å². The maximum Gasteiger partial charge on any atom is 0.0700 e. The lowest BCUT2D eigenvalue weighted by atomic mass is 10.1. The third kappa shape index (κ3) is 4.22. The van der Waals surface area contributed by atoms with Gasteiger partial charge in [0.05, 0.1) is 13.7 Å². The van der Waals surface area contributed by atoms with E-state index in [2.05, 4.69) is 32.6 Å². The molecule has 0 amide bonds. The number of hydrogen-bond acceptors (Lipinski definition) is 1. The standard InChI is InChI=1S/C8H15O/c1-7(2)8(3)5-6-9-4/h4-6H2,1-3H3. The first-order valence-electron chi connectivity index (χ1n) is 3.18. The van der Waals surface area contributed by atoms with Crippen LogP contribution in [0.1, 0.15) is 27.2 Å². The smallest absolute Gasteiger partial charge is 0.0700 e. The van der Waals surface area contributed by atoms with Crippen molar-refractivity contribution in [3.63, 3.8) is 0 Å². The molecular weight excluding hydrogens is 112 g/mol. The van der Waals surface area contributed by atoms with Crippen molar-refractivity contribution in [1.29, 1.82) is 0 Å². The summed E-state index contributed by atoms with van der Waals surface area (Å²) in [4.78, 5) is 0. The zero-order chi connectivity index (χ0) is 7.28. The van der Waals surface area contributed by atoms with Crippen LogP contribution >= 0.6 is 0 Å². The summed E-state index contributed by atoms with van der Waals surface area (Å²) in [6.07, 6.45) is 1.01. The van der Waals surface area contributed by atoms with E-state index in [-0.39, 0.29) is 0 Å². The zero-order valence-electron chi connectivity index (χ0n) is 6.53. The third-order valence-corrected chi connectivity index (χ3v) is 1.47. The molecule has 1 radical (unpaired) electrons. The van der Waals surface area contributed by atoms with Crippen LogP contribution in [0.5, 0.6) is 0 Å². The average Bonchev–Trinajstić information content (AvgIpc) is 1.82. The first-order valence-corrected chi connectivity index (χ1v) is 3.18. The van der Waals surface area contributed by atoms with Gasteiger partial charge < -0.3 is 4.74 Å². The van der Waals surface area contributed by atoms with E-state index in [9.17, 15) is 0 Å². The summed E-state index contributed by atoms with van der Waals surface area (Å²) in [6, 6.07) is 0. The highest BCUT2D eigenvalue weighted by Gasteiger charge is 1.89. The first kappa shape index (κ1) is 8.70. The molecule has 0 aromatic heterocycles. The lowest BCUT2D eigenvalue weighted by Crippen LogP contribution is -1.88. The van der Waals surface area contributed by atoms with Crippen molar-refractivity contribution in [3.8, 4) is 0 Å². The second-order valence-corrected chi connectivity index (χ2v) is 2.44. The van der Waals surface area contributed by atoms with Crippen LogP contribution < -0.4 is 0 Å². The van der Waals surface area contributed by atoms with E-state index in [0.717, 1.165) is 13.0 Å². The quantitative estimate of drug-likeness (QED) is 0.529. The molecule has 0 saturated carbocycles. The molecule has 1 heteroatoms. The molecule has 0 fully saturated rings. The summed E-state index contributed by atoms with van der Waals surface area (Å²) in [5, 5.41) is 0. The van der Waals surface area contributed by atoms with Crippen molar-refractivity contribution < 1.29 is 4.74 Å². The first-order chi connectivity index (χ1) is 4.18. The third-order valence-electron chi connectivity index (χ3n) is 1.47. The van der Waals surface area contributed by atoms with Gasteiger partial charge in [-0.15, -0.1) is 0 Å². The predicted octanol–water partition coefficient (Wildman–Crippen LogP) is 2.54. The molecular formula is C8H15O. The molecule has 53 valence electrons. The molecule has 0 aliphatic rings. The normalized spacial score (nSPS) is 9.33. The highest BCUT2D eigenvalue weighted by molar-refractivity contribution is 5.06. The van der Waals surface area contributed by atoms with Crippen molar-refractivity contribution in [3.05, 3.63) is 18.3 Å². The lowest BCUT2D eigenvalue weighted by Gasteiger charge is -2.00. The Bertz CT molecular complexity index is 99.1. The van der Waals surface area contributed by atoms with Gasteiger partial charge in [-0.1, -0.05) is 11.1 Å². The Kier molecular flexibility index (Phi) is 4.41. The molecule has 0 N–H and O–H groups in total. The van der Waals surface area contributed by atoms with Gasteiger partial charge in [-0.25, -0.2) is 0 Å². The lowest BCUT2D eigenvalue weighted by molar-refractivity contribution is 0.246. The minimum atomic E-state index is 0.733. The van der Waals surface area contributed by atoms with Crippen molar-refractivity contribution in [1.82, 2.24) is 0 Å². The molecule has 1 nitrogen and oxygen atoms in total. The summed E-state index contributed by atoms with van der Waals surface area (Å²) >= 11 is 0. The molecule has 0 aliphatic heterocycles. The van der Waals surface area contributed by atoms with Crippen molar-refractivity contribution >= 4 is 0 Å². The monoisotopic (exact) mass is 127 g/mol. The molecule has 0 bridgehead atoms. The second-order valence-electron chi connectivity index (χ2n) is 2.44. The van der Waals surface area contributed by atoms with Crippen LogP contribution in [0, 0.1) is 7.11 Å². The second kappa shape index (κ2) is 4.57. The molecule has 0 rings (SSSR count). The average molecular weight is 127 g/mol. The van der Waals surface area contributed by atoms with Crippen LogP contribution in [0.2, 0.25) is 0 Å². The fourth-order valence-electron chi connectivity index (χ4n) is 0.475. The van der Waals surface area contributed by atoms with Gasteiger partial charge in [-0.3, -0.25) is 0 Å². The van der Waals surface area contributed by atoms with Crippen molar-refractivity contribution in [2.24, 2.45) is 0 Å². The Morgan fingerprint density at radius 1 is 1.33 bits per heavy atom. The highest BCUT2D eigenvalue weighted by atomic mass is 16.5. The molecule has 0 heterocycles. The van der Waals surface area contributed by atoms with Crippen LogP contribution in [-0.2, 0) is 4.74 Å². The molecule has 0 aromatic rings. The minimum absolute atomic E-state index is 0.733. The van der Waals surface area contributed by atoms with Crippen LogP contribution in [0.25, 0.3) is 0 Å². The van der Waals surface area contributed by atoms with Gasteiger partial charge >= 0.3 is 0 Å². The molecule has 0 aromatic carbocycles. The fraction of sp³-hybridized carbons (Fsp3) is 0.625. The van der Waals surface area contributed by atoms with E-state index in [1.165, 1.54) is 11.1 Å². The van der Waals surface area contributed by atoms with Crippen LogP contribution in [0.3, 0.4) is 0 Å². The van der Waals surface area contributed by atoms with Gasteiger partial charge in [0.1, 0.15) is 0 Å². The van der Waals surface area contributed by atoms with E-state index in [1.54, 1.807) is 0 Å². The van der Waals surface area contributed by atoms with E-state index in [4.69, 9.17) is 0 Å². The van der Waals surface area contributed by atoms with Crippen LogP contribution in [0.15, 0.2) is 11.1 Å². The summed E-state index contributed by atoms with van der Waals surface area (Å²) in [5.74, 6) is 0. The van der Waals surface area contributed by atoms with E-state index < -0.39 is 0 Å². The molecule has 0 unspecified atom stereocenters. The van der Waals surface area contributed by atoms with Gasteiger partial charge in [-0.2, -0.15) is 0 Å². The Hall–Kier alpha value is -0.300. The molecule has 0 saturated heterocycles. The van der Waals surface area contributed by atoms with Gasteiger partial charge in [0, 0.05) is 0 Å². The van der Waals surface area contributed by atoms with Gasteiger partial charge in [0.25, 0.3) is 0 Å². The number of allylic oxidation sites excluding steroid dienone is 1. The van der Waals surface area contributed by atoms with Gasteiger partial charge in [0.2, 0.25) is 0 Å². The Morgan fingerprint density at radius 2 is 1.89 bits per heavy atom. The topological polar surface area (TPSA) is 9.23 Å². The largest absolute Gasteiger partial charge is 0.379 e. The van der Waals surface area contributed by atoms with E-state index in [0.29, 0.717) is 0 Å². The molecule has 9 heavy (non-hydrogen) atoms. The number of ether oxygens (including phenoxy) is 1. The maximum atomic E-state index is 4.68. The van der Waals surface area contributed by atoms with Crippen LogP contribution in [0.4, 0.5) is 0 Å². The van der Waals surface area contributed by atoms with Crippen LogP contribution in [-0.4, -0.2) is 6.61 Å². The predicted molar refractivity (Wildman–Crippen MR) is 40.0 cm³/mol. The summed E-state index contributed by atoms with van der Waals surface area (Å²) in [6.45, 7) is 7.07. The van der Waals surface area contributed by atoms with E-state index >= 15 is 0 Å². The fourth-order valence-corrected chi connectivity index (χ4v) is 0.475. The maximum absolute atomic E-state index is 4.68. The Morgan fingerprint density at radius 3 is 2.22 bits per heavy atom. The summed E-state index contributed by atoms with van der Waals surface area (Å²) in [7, 11) is 3.29. The highest BCUT2D eigenvalue weighted by Crippen LogP contribution is 2.05. The summed E-state index contributed by atoms with van der Waals surface area (Å²) in [5.41, 5.74) is 2.78. The Balaban J connectivity index is 3.50. The van der Waals surface area contributed by atoms with Crippen molar-refractivity contribution in [2.45, 2.75) is 27.2 Å². The number of rotatable bonds is 3. The minimum Gasteiger partial charge on any atom is -0.379 e. The summed E-state index contributed by atoms with van der Waals surface area (Å²) < 4.78 is 4.68. The zero-order valence-corrected chi connectivity index (χ0v) is 6.53.